The molecular weight excluding hydrogens is 272 g/mol. The van der Waals surface area contributed by atoms with E-state index in [9.17, 15) is 17.2 Å². The highest BCUT2D eigenvalue weighted by Crippen LogP contribution is 2.25. The molecule has 0 amide bonds. The molecule has 2 aromatic rings. The minimum atomic E-state index is -4.27. The molecule has 0 aliphatic heterocycles. The van der Waals surface area contributed by atoms with Gasteiger partial charge in [0.05, 0.1) is 5.69 Å². The molecule has 0 spiro atoms. The summed E-state index contributed by atoms with van der Waals surface area (Å²) in [6.07, 6.45) is 0. The number of rotatable bonds is 3. The Morgan fingerprint density at radius 1 is 0.895 bits per heavy atom. The van der Waals surface area contributed by atoms with E-state index in [0.717, 1.165) is 22.5 Å². The van der Waals surface area contributed by atoms with Gasteiger partial charge in [-0.25, -0.2) is 17.2 Å². The van der Waals surface area contributed by atoms with Crippen LogP contribution in [0.15, 0.2) is 53.4 Å². The van der Waals surface area contributed by atoms with E-state index >= 15 is 0 Å². The van der Waals surface area contributed by atoms with Crippen LogP contribution in [0.4, 0.5) is 14.5 Å². The molecular formula is C13H11F2NO2S. The van der Waals surface area contributed by atoms with E-state index in [-0.39, 0.29) is 0 Å². The summed E-state index contributed by atoms with van der Waals surface area (Å²) in [4.78, 5) is -0.943. The maximum absolute atomic E-state index is 13.6. The van der Waals surface area contributed by atoms with Crippen LogP contribution in [0, 0.1) is 11.6 Å². The number of anilines is 1. The summed E-state index contributed by atoms with van der Waals surface area (Å²) in [6, 6.07) is 11.0. The van der Waals surface area contributed by atoms with Crippen LogP contribution in [0.5, 0.6) is 0 Å². The Bertz CT molecular complexity index is 667. The van der Waals surface area contributed by atoms with Crippen LogP contribution in [0.3, 0.4) is 0 Å². The van der Waals surface area contributed by atoms with Gasteiger partial charge in [0.1, 0.15) is 11.6 Å². The van der Waals surface area contributed by atoms with Gasteiger partial charge in [-0.05, 0) is 24.3 Å². The van der Waals surface area contributed by atoms with Crippen LogP contribution in [0.25, 0.3) is 0 Å². The summed E-state index contributed by atoms with van der Waals surface area (Å²) in [6.45, 7) is 0. The van der Waals surface area contributed by atoms with Crippen LogP contribution in [0.1, 0.15) is 0 Å². The second-order valence-corrected chi connectivity index (χ2v) is 5.76. The van der Waals surface area contributed by atoms with E-state index in [0.29, 0.717) is 5.69 Å². The van der Waals surface area contributed by atoms with Gasteiger partial charge < -0.3 is 0 Å². The van der Waals surface area contributed by atoms with Crippen LogP contribution < -0.4 is 4.31 Å². The third-order valence-electron chi connectivity index (χ3n) is 2.66. The first kappa shape index (κ1) is 13.5. The molecule has 0 aromatic heterocycles. The average Bonchev–Trinajstić information content (AvgIpc) is 2.38. The first-order valence-electron chi connectivity index (χ1n) is 5.42. The van der Waals surface area contributed by atoms with Crippen LogP contribution in [-0.4, -0.2) is 15.5 Å². The van der Waals surface area contributed by atoms with Crippen molar-refractivity contribution in [3.05, 3.63) is 60.2 Å². The first-order chi connectivity index (χ1) is 8.94. The molecule has 0 heterocycles. The molecule has 19 heavy (non-hydrogen) atoms. The molecule has 0 N–H and O–H groups in total. The van der Waals surface area contributed by atoms with E-state index in [1.807, 2.05) is 0 Å². The molecule has 0 fully saturated rings. The van der Waals surface area contributed by atoms with Gasteiger partial charge in [-0.3, -0.25) is 4.31 Å². The molecule has 0 aliphatic carbocycles. The number of benzene rings is 2. The maximum atomic E-state index is 13.6. The van der Waals surface area contributed by atoms with Gasteiger partial charge in [-0.15, -0.1) is 0 Å². The topological polar surface area (TPSA) is 37.4 Å². The molecule has 100 valence electrons. The van der Waals surface area contributed by atoms with Crippen molar-refractivity contribution < 1.29 is 17.2 Å². The minimum Gasteiger partial charge on any atom is -0.269 e. The van der Waals surface area contributed by atoms with Crippen molar-refractivity contribution >= 4 is 15.7 Å². The third-order valence-corrected chi connectivity index (χ3v) is 4.50. The van der Waals surface area contributed by atoms with Gasteiger partial charge in [0.15, 0.2) is 4.90 Å². The van der Waals surface area contributed by atoms with Gasteiger partial charge in [0.25, 0.3) is 10.0 Å². The lowest BCUT2D eigenvalue weighted by Crippen LogP contribution is -2.28. The highest BCUT2D eigenvalue weighted by molar-refractivity contribution is 7.92. The molecule has 0 unspecified atom stereocenters. The summed E-state index contributed by atoms with van der Waals surface area (Å²) in [5, 5.41) is 0. The van der Waals surface area contributed by atoms with Crippen molar-refractivity contribution in [2.24, 2.45) is 0 Å². The number of hydrogen-bond donors (Lipinski definition) is 0. The fourth-order valence-electron chi connectivity index (χ4n) is 1.64. The summed E-state index contributed by atoms with van der Waals surface area (Å²) in [7, 11) is -3.02. The second-order valence-electron chi connectivity index (χ2n) is 3.86. The Hall–Kier alpha value is -1.95. The predicted octanol–water partition coefficient (Wildman–Crippen LogP) is 2.79. The van der Waals surface area contributed by atoms with Crippen molar-refractivity contribution in [1.29, 1.82) is 0 Å². The van der Waals surface area contributed by atoms with Gasteiger partial charge in [-0.2, -0.15) is 0 Å². The van der Waals surface area contributed by atoms with E-state index in [1.54, 1.807) is 18.2 Å². The fraction of sp³-hybridized carbons (Fsp3) is 0.0769. The number of para-hydroxylation sites is 1. The minimum absolute atomic E-state index is 0.324. The number of nitrogens with zero attached hydrogens (tertiary/aromatic N) is 1. The van der Waals surface area contributed by atoms with E-state index in [4.69, 9.17) is 0 Å². The Morgan fingerprint density at radius 3 is 1.95 bits per heavy atom. The third kappa shape index (κ3) is 2.44. The molecule has 0 aliphatic rings. The first-order valence-corrected chi connectivity index (χ1v) is 6.86. The van der Waals surface area contributed by atoms with Crippen LogP contribution in [0.2, 0.25) is 0 Å². The molecule has 0 saturated carbocycles. The molecule has 0 bridgehead atoms. The van der Waals surface area contributed by atoms with Gasteiger partial charge >= 0.3 is 0 Å². The predicted molar refractivity (Wildman–Crippen MR) is 68.4 cm³/mol. The lowest BCUT2D eigenvalue weighted by molar-refractivity contribution is 0.518. The Morgan fingerprint density at radius 2 is 1.42 bits per heavy atom. The molecule has 3 nitrogen and oxygen atoms in total. The van der Waals surface area contributed by atoms with E-state index in [2.05, 4.69) is 0 Å². The van der Waals surface area contributed by atoms with E-state index < -0.39 is 26.6 Å². The summed E-state index contributed by atoms with van der Waals surface area (Å²) >= 11 is 0. The molecule has 0 saturated heterocycles. The zero-order valence-corrected chi connectivity index (χ0v) is 10.9. The Kier molecular flexibility index (Phi) is 3.53. The monoisotopic (exact) mass is 283 g/mol. The van der Waals surface area contributed by atoms with Crippen molar-refractivity contribution in [2.45, 2.75) is 4.90 Å². The zero-order chi connectivity index (χ0) is 14.0. The lowest BCUT2D eigenvalue weighted by atomic mass is 10.3. The molecule has 0 radical (unpaired) electrons. The fourth-order valence-corrected chi connectivity index (χ4v) is 2.94. The largest absolute Gasteiger partial charge is 0.269 e. The quantitative estimate of drug-likeness (QED) is 0.868. The molecule has 2 rings (SSSR count). The second kappa shape index (κ2) is 4.97. The Labute approximate surface area is 110 Å². The van der Waals surface area contributed by atoms with Gasteiger partial charge in [-0.1, -0.05) is 24.3 Å². The van der Waals surface area contributed by atoms with Crippen LogP contribution in [-0.2, 0) is 10.0 Å². The van der Waals surface area contributed by atoms with Gasteiger partial charge in [0.2, 0.25) is 0 Å². The van der Waals surface area contributed by atoms with Crippen molar-refractivity contribution in [3.8, 4) is 0 Å². The molecule has 0 atom stereocenters. The Balaban J connectivity index is 2.55. The SMILES string of the molecule is CN(c1ccccc1)S(=O)(=O)c1c(F)cccc1F. The summed E-state index contributed by atoms with van der Waals surface area (Å²) in [5.41, 5.74) is 0.324. The number of hydrogen-bond acceptors (Lipinski definition) is 2. The van der Waals surface area contributed by atoms with Crippen molar-refractivity contribution in [3.63, 3.8) is 0 Å². The number of sulfonamides is 1. The lowest BCUT2D eigenvalue weighted by Gasteiger charge is -2.19. The standard InChI is InChI=1S/C13H11F2NO2S/c1-16(10-6-3-2-4-7-10)19(17,18)13-11(14)8-5-9-12(13)15/h2-9H,1H3. The van der Waals surface area contributed by atoms with Crippen molar-refractivity contribution in [2.75, 3.05) is 11.4 Å². The molecule has 2 aromatic carbocycles. The summed E-state index contributed by atoms with van der Waals surface area (Å²) in [5.74, 6) is -2.22. The zero-order valence-electron chi connectivity index (χ0n) is 10.0. The maximum Gasteiger partial charge on any atom is 0.269 e. The van der Waals surface area contributed by atoms with Gasteiger partial charge in [0, 0.05) is 7.05 Å². The molecule has 6 heteroatoms. The van der Waals surface area contributed by atoms with Crippen LogP contribution >= 0.6 is 0 Å². The summed E-state index contributed by atoms with van der Waals surface area (Å²) < 4.78 is 52.4. The van der Waals surface area contributed by atoms with E-state index in [1.165, 1.54) is 19.2 Å². The highest BCUT2D eigenvalue weighted by Gasteiger charge is 2.28. The average molecular weight is 283 g/mol. The smallest absolute Gasteiger partial charge is 0.269 e. The highest BCUT2D eigenvalue weighted by atomic mass is 32.2. The number of halogens is 2. The van der Waals surface area contributed by atoms with Crippen molar-refractivity contribution in [1.82, 2.24) is 0 Å². The normalized spacial score (nSPS) is 11.3.